The van der Waals surface area contributed by atoms with Gasteiger partial charge in [-0.2, -0.15) is 0 Å². The van der Waals surface area contributed by atoms with Crippen molar-refractivity contribution in [2.45, 2.75) is 12.3 Å². The predicted octanol–water partition coefficient (Wildman–Crippen LogP) is 2.06. The minimum atomic E-state index is -1.06. The Balaban J connectivity index is 2.08. The summed E-state index contributed by atoms with van der Waals surface area (Å²) in [4.78, 5) is 26.7. The molecule has 1 saturated carbocycles. The smallest absolute Gasteiger partial charge is 0.323 e. The molecule has 1 aromatic carbocycles. The molecule has 126 valence electrons. The third-order valence-electron chi connectivity index (χ3n) is 3.93. The van der Waals surface area contributed by atoms with Gasteiger partial charge in [0.1, 0.15) is 12.4 Å². The molecule has 0 saturated heterocycles. The van der Waals surface area contributed by atoms with E-state index in [9.17, 15) is 14.0 Å². The minimum absolute atomic E-state index is 0.251. The van der Waals surface area contributed by atoms with Gasteiger partial charge in [0, 0.05) is 35.5 Å². The van der Waals surface area contributed by atoms with Crippen LogP contribution in [-0.4, -0.2) is 60.5 Å². The molecule has 0 aromatic heterocycles. The molecular weight excluding hydrogens is 323 g/mol. The van der Waals surface area contributed by atoms with Gasteiger partial charge < -0.3 is 14.9 Å². The molecule has 0 bridgehead atoms. The Hall–Kier alpha value is -1.66. The average molecular weight is 343 g/mol. The SMILES string of the molecule is CN(C)CCN(CC(=O)O)C(=O)[C@@H]1C[C@H]1c1c(F)cccc1Cl. The monoisotopic (exact) mass is 342 g/mol. The van der Waals surface area contributed by atoms with Crippen molar-refractivity contribution >= 4 is 23.5 Å². The summed E-state index contributed by atoms with van der Waals surface area (Å²) in [7, 11) is 3.70. The van der Waals surface area contributed by atoms with Gasteiger partial charge in [-0.05, 0) is 32.6 Å². The highest BCUT2D eigenvalue weighted by Gasteiger charge is 2.47. The summed E-state index contributed by atoms with van der Waals surface area (Å²) in [6.45, 7) is 0.546. The van der Waals surface area contributed by atoms with Crippen LogP contribution in [0.3, 0.4) is 0 Å². The maximum Gasteiger partial charge on any atom is 0.323 e. The lowest BCUT2D eigenvalue weighted by molar-refractivity contribution is -0.145. The molecule has 1 aromatic rings. The van der Waals surface area contributed by atoms with Crippen LogP contribution >= 0.6 is 11.6 Å². The Labute approximate surface area is 139 Å². The molecule has 23 heavy (non-hydrogen) atoms. The molecule has 7 heteroatoms. The number of aliphatic carboxylic acids is 1. The number of rotatable bonds is 7. The van der Waals surface area contributed by atoms with Crippen LogP contribution in [-0.2, 0) is 9.59 Å². The van der Waals surface area contributed by atoms with Gasteiger partial charge >= 0.3 is 5.97 Å². The number of halogens is 2. The molecule has 0 unspecified atom stereocenters. The van der Waals surface area contributed by atoms with E-state index in [-0.39, 0.29) is 18.4 Å². The molecule has 1 N–H and O–H groups in total. The van der Waals surface area contributed by atoms with Crippen LogP contribution < -0.4 is 0 Å². The normalized spacial score (nSPS) is 19.7. The van der Waals surface area contributed by atoms with Gasteiger partial charge in [0.25, 0.3) is 0 Å². The van der Waals surface area contributed by atoms with Gasteiger partial charge in [-0.25, -0.2) is 4.39 Å². The maximum atomic E-state index is 13.9. The highest BCUT2D eigenvalue weighted by molar-refractivity contribution is 6.31. The molecule has 0 heterocycles. The first-order chi connectivity index (χ1) is 10.8. The van der Waals surface area contributed by atoms with Crippen molar-refractivity contribution in [2.24, 2.45) is 5.92 Å². The Bertz CT molecular complexity index is 589. The molecule has 0 spiro atoms. The summed E-state index contributed by atoms with van der Waals surface area (Å²) in [5.41, 5.74) is 0.357. The Kier molecular flexibility index (Phi) is 5.59. The van der Waals surface area contributed by atoms with Crippen molar-refractivity contribution in [3.05, 3.63) is 34.6 Å². The lowest BCUT2D eigenvalue weighted by Crippen LogP contribution is -2.41. The Morgan fingerprint density at radius 3 is 2.61 bits per heavy atom. The molecular formula is C16H20ClFN2O3. The Morgan fingerprint density at radius 2 is 2.04 bits per heavy atom. The second-order valence-electron chi connectivity index (χ2n) is 6.04. The second kappa shape index (κ2) is 7.27. The average Bonchev–Trinajstić information content (AvgIpc) is 3.22. The van der Waals surface area contributed by atoms with Gasteiger partial charge in [0.15, 0.2) is 0 Å². The van der Waals surface area contributed by atoms with E-state index in [4.69, 9.17) is 16.7 Å². The molecule has 0 radical (unpaired) electrons. The first kappa shape index (κ1) is 17.7. The molecule has 0 aliphatic heterocycles. The van der Waals surface area contributed by atoms with Gasteiger partial charge in [0.2, 0.25) is 5.91 Å². The van der Waals surface area contributed by atoms with E-state index in [1.165, 1.54) is 17.0 Å². The summed E-state index contributed by atoms with van der Waals surface area (Å²) in [5, 5.41) is 9.29. The van der Waals surface area contributed by atoms with E-state index in [1.807, 2.05) is 19.0 Å². The van der Waals surface area contributed by atoms with Crippen molar-refractivity contribution in [3.8, 4) is 0 Å². The van der Waals surface area contributed by atoms with Crippen molar-refractivity contribution in [3.63, 3.8) is 0 Å². The number of nitrogens with zero attached hydrogens (tertiary/aromatic N) is 2. The van der Waals surface area contributed by atoms with Crippen LogP contribution in [0.15, 0.2) is 18.2 Å². The number of carbonyl (C=O) groups excluding carboxylic acids is 1. The zero-order chi connectivity index (χ0) is 17.1. The fraction of sp³-hybridized carbons (Fsp3) is 0.500. The third kappa shape index (κ3) is 4.42. The van der Waals surface area contributed by atoms with E-state index >= 15 is 0 Å². The molecule has 2 atom stereocenters. The van der Waals surface area contributed by atoms with Crippen LogP contribution in [0.1, 0.15) is 17.9 Å². The van der Waals surface area contributed by atoms with E-state index < -0.39 is 17.7 Å². The van der Waals surface area contributed by atoms with Crippen LogP contribution in [0, 0.1) is 11.7 Å². The largest absolute Gasteiger partial charge is 0.480 e. The molecule has 1 amide bonds. The van der Waals surface area contributed by atoms with Crippen molar-refractivity contribution in [1.82, 2.24) is 9.80 Å². The third-order valence-corrected chi connectivity index (χ3v) is 4.26. The van der Waals surface area contributed by atoms with Gasteiger partial charge in [-0.15, -0.1) is 0 Å². The highest BCUT2D eigenvalue weighted by atomic mass is 35.5. The number of amides is 1. The highest BCUT2D eigenvalue weighted by Crippen LogP contribution is 2.51. The standard InChI is InChI=1S/C16H20ClFN2O3/c1-19(2)6-7-20(9-14(21)22)16(23)11-8-10(11)15-12(17)4-3-5-13(15)18/h3-5,10-11H,6-9H2,1-2H3,(H,21,22)/t10-,11-/m1/s1. The van der Waals surface area contributed by atoms with E-state index in [1.54, 1.807) is 6.07 Å². The molecule has 1 fully saturated rings. The fourth-order valence-electron chi connectivity index (χ4n) is 2.64. The number of carboxylic acids is 1. The lowest BCUT2D eigenvalue weighted by atomic mass is 10.1. The summed E-state index contributed by atoms with van der Waals surface area (Å²) in [5.74, 6) is -2.40. The van der Waals surface area contributed by atoms with E-state index in [0.717, 1.165) is 0 Å². The number of carboxylic acid groups (broad SMARTS) is 1. The van der Waals surface area contributed by atoms with Crippen LogP contribution in [0.25, 0.3) is 0 Å². The summed E-state index contributed by atoms with van der Waals surface area (Å²) >= 11 is 6.04. The van der Waals surface area contributed by atoms with Crippen molar-refractivity contribution < 1.29 is 19.1 Å². The fourth-order valence-corrected chi connectivity index (χ4v) is 2.94. The summed E-state index contributed by atoms with van der Waals surface area (Å²) in [6, 6.07) is 4.44. The lowest BCUT2D eigenvalue weighted by Gasteiger charge is -2.23. The quantitative estimate of drug-likeness (QED) is 0.824. The minimum Gasteiger partial charge on any atom is -0.480 e. The summed E-state index contributed by atoms with van der Waals surface area (Å²) in [6.07, 6.45) is 0.498. The Morgan fingerprint density at radius 1 is 1.35 bits per heavy atom. The van der Waals surface area contributed by atoms with Crippen LogP contribution in [0.5, 0.6) is 0 Å². The second-order valence-corrected chi connectivity index (χ2v) is 6.45. The maximum absolute atomic E-state index is 13.9. The predicted molar refractivity (Wildman–Crippen MR) is 85.0 cm³/mol. The first-order valence-electron chi connectivity index (χ1n) is 7.40. The number of hydrogen-bond donors (Lipinski definition) is 1. The molecule has 1 aliphatic rings. The molecule has 2 rings (SSSR count). The molecule has 5 nitrogen and oxygen atoms in total. The molecule has 1 aliphatic carbocycles. The zero-order valence-corrected chi connectivity index (χ0v) is 13.9. The van der Waals surface area contributed by atoms with Crippen LogP contribution in [0.4, 0.5) is 4.39 Å². The van der Waals surface area contributed by atoms with Gasteiger partial charge in [-0.1, -0.05) is 17.7 Å². The van der Waals surface area contributed by atoms with Crippen molar-refractivity contribution in [2.75, 3.05) is 33.7 Å². The summed E-state index contributed by atoms with van der Waals surface area (Å²) < 4.78 is 13.9. The number of likely N-dealkylation sites (N-methyl/N-ethyl adjacent to an activating group) is 1. The first-order valence-corrected chi connectivity index (χ1v) is 7.78. The topological polar surface area (TPSA) is 60.9 Å². The zero-order valence-electron chi connectivity index (χ0n) is 13.1. The number of benzene rings is 1. The number of hydrogen-bond acceptors (Lipinski definition) is 3. The number of carbonyl (C=O) groups is 2. The van der Waals surface area contributed by atoms with Crippen molar-refractivity contribution in [1.29, 1.82) is 0 Å². The van der Waals surface area contributed by atoms with Gasteiger partial charge in [0.05, 0.1) is 0 Å². The van der Waals surface area contributed by atoms with E-state index in [2.05, 4.69) is 0 Å². The van der Waals surface area contributed by atoms with E-state index in [0.29, 0.717) is 30.1 Å². The van der Waals surface area contributed by atoms with Crippen LogP contribution in [0.2, 0.25) is 5.02 Å². The van der Waals surface area contributed by atoms with Gasteiger partial charge in [-0.3, -0.25) is 9.59 Å².